The van der Waals surface area contributed by atoms with Gasteiger partial charge < -0.3 is 0 Å². The van der Waals surface area contributed by atoms with E-state index in [2.05, 4.69) is 10.5 Å². The number of hydrogen-bond acceptors (Lipinski definition) is 5. The first-order valence-electron chi connectivity index (χ1n) is 8.54. The molecule has 0 aliphatic rings. The van der Waals surface area contributed by atoms with E-state index in [0.717, 1.165) is 10.5 Å². The van der Waals surface area contributed by atoms with Crippen LogP contribution in [0.4, 0.5) is 5.69 Å². The Morgan fingerprint density at radius 3 is 2.59 bits per heavy atom. The Morgan fingerprint density at radius 1 is 1.14 bits per heavy atom. The maximum absolute atomic E-state index is 12.0. The molecular formula is C21H16ClN3O3S. The average Bonchev–Trinajstić information content (AvgIpc) is 2.70. The van der Waals surface area contributed by atoms with Crippen LogP contribution in [0.2, 0.25) is 5.02 Å². The van der Waals surface area contributed by atoms with Crippen LogP contribution in [0, 0.1) is 17.0 Å². The summed E-state index contributed by atoms with van der Waals surface area (Å²) in [6, 6.07) is 19.0. The van der Waals surface area contributed by atoms with E-state index < -0.39 is 10.8 Å². The number of nitro groups is 1. The summed E-state index contributed by atoms with van der Waals surface area (Å²) < 4.78 is 0. The van der Waals surface area contributed by atoms with Crippen molar-refractivity contribution in [3.05, 3.63) is 98.6 Å². The molecule has 8 heteroatoms. The fourth-order valence-corrected chi connectivity index (χ4v) is 3.53. The van der Waals surface area contributed by atoms with Crippen molar-refractivity contribution in [2.45, 2.75) is 16.7 Å². The molecule has 146 valence electrons. The molecule has 6 nitrogen and oxygen atoms in total. The Kier molecular flexibility index (Phi) is 6.64. The molecule has 0 heterocycles. The largest absolute Gasteiger partial charge is 0.283 e. The van der Waals surface area contributed by atoms with Crippen LogP contribution < -0.4 is 5.43 Å². The van der Waals surface area contributed by atoms with Crippen molar-refractivity contribution in [2.75, 3.05) is 0 Å². The maximum atomic E-state index is 12.0. The van der Waals surface area contributed by atoms with Gasteiger partial charge in [-0.3, -0.25) is 14.9 Å². The molecule has 1 N–H and O–H groups in total. The van der Waals surface area contributed by atoms with Crippen molar-refractivity contribution in [1.82, 2.24) is 5.43 Å². The number of amides is 1. The Morgan fingerprint density at radius 2 is 1.90 bits per heavy atom. The Balaban J connectivity index is 1.74. The van der Waals surface area contributed by atoms with Crippen molar-refractivity contribution in [1.29, 1.82) is 0 Å². The molecule has 0 spiro atoms. The SMILES string of the molecule is Cc1ccc(Sc2ccc(/C=N/NC(=O)c3cccc(Cl)c3)cc2[N+](=O)[O-])cc1. The minimum Gasteiger partial charge on any atom is -0.267 e. The first-order chi connectivity index (χ1) is 13.9. The Labute approximate surface area is 176 Å². The van der Waals surface area contributed by atoms with Crippen LogP contribution in [0.5, 0.6) is 0 Å². The normalized spacial score (nSPS) is 10.8. The molecule has 0 aliphatic carbocycles. The average molecular weight is 426 g/mol. The number of hydrazone groups is 1. The molecule has 3 rings (SSSR count). The van der Waals surface area contributed by atoms with E-state index in [4.69, 9.17) is 11.6 Å². The van der Waals surface area contributed by atoms with E-state index in [-0.39, 0.29) is 5.69 Å². The lowest BCUT2D eigenvalue weighted by Crippen LogP contribution is -2.17. The second-order valence-corrected chi connectivity index (χ2v) is 7.66. The second kappa shape index (κ2) is 9.36. The predicted octanol–water partition coefficient (Wildman–Crippen LogP) is 5.47. The van der Waals surface area contributed by atoms with Gasteiger partial charge in [0.1, 0.15) is 0 Å². The monoisotopic (exact) mass is 425 g/mol. The lowest BCUT2D eigenvalue weighted by Gasteiger charge is -2.05. The highest BCUT2D eigenvalue weighted by atomic mass is 35.5. The Hall–Kier alpha value is -3.16. The van der Waals surface area contributed by atoms with Crippen molar-refractivity contribution < 1.29 is 9.72 Å². The summed E-state index contributed by atoms with van der Waals surface area (Å²) >= 11 is 7.18. The minimum atomic E-state index is -0.432. The molecule has 0 aliphatic heterocycles. The first-order valence-corrected chi connectivity index (χ1v) is 9.74. The summed E-state index contributed by atoms with van der Waals surface area (Å²) in [6.45, 7) is 1.98. The summed E-state index contributed by atoms with van der Waals surface area (Å²) in [5.41, 5.74) is 4.34. The molecule has 0 bridgehead atoms. The molecule has 3 aromatic rings. The number of aryl methyl sites for hydroxylation is 1. The second-order valence-electron chi connectivity index (χ2n) is 6.11. The highest BCUT2D eigenvalue weighted by Gasteiger charge is 2.15. The summed E-state index contributed by atoms with van der Waals surface area (Å²) in [7, 11) is 0. The van der Waals surface area contributed by atoms with Gasteiger partial charge in [-0.05, 0) is 43.3 Å². The number of halogens is 1. The van der Waals surface area contributed by atoms with Crippen molar-refractivity contribution >= 4 is 41.2 Å². The highest BCUT2D eigenvalue weighted by molar-refractivity contribution is 7.99. The van der Waals surface area contributed by atoms with E-state index >= 15 is 0 Å². The van der Waals surface area contributed by atoms with E-state index in [1.807, 2.05) is 31.2 Å². The van der Waals surface area contributed by atoms with Gasteiger partial charge in [-0.25, -0.2) is 5.43 Å². The van der Waals surface area contributed by atoms with Crippen LogP contribution in [0.25, 0.3) is 0 Å². The third-order valence-corrected chi connectivity index (χ3v) is 5.20. The smallest absolute Gasteiger partial charge is 0.267 e. The molecule has 0 aromatic heterocycles. The zero-order chi connectivity index (χ0) is 20.8. The lowest BCUT2D eigenvalue weighted by molar-refractivity contribution is -0.387. The summed E-state index contributed by atoms with van der Waals surface area (Å²) in [4.78, 5) is 24.5. The van der Waals surface area contributed by atoms with Gasteiger partial charge in [0.05, 0.1) is 16.0 Å². The third-order valence-electron chi connectivity index (χ3n) is 3.90. The molecule has 0 saturated carbocycles. The van der Waals surface area contributed by atoms with Crippen LogP contribution in [0.1, 0.15) is 21.5 Å². The standard InChI is InChI=1S/C21H16ClN3O3S/c1-14-5-8-18(9-6-14)29-20-10-7-15(11-19(20)25(27)28)13-23-24-21(26)16-3-2-4-17(22)12-16/h2-13H,1H3,(H,24,26)/b23-13+. The summed E-state index contributed by atoms with van der Waals surface area (Å²) in [6.07, 6.45) is 1.36. The molecule has 29 heavy (non-hydrogen) atoms. The quantitative estimate of drug-likeness (QED) is 0.322. The number of nitrogens with one attached hydrogen (secondary N) is 1. The van der Waals surface area contributed by atoms with E-state index in [0.29, 0.717) is 21.0 Å². The Bertz CT molecular complexity index is 1080. The number of benzene rings is 3. The molecular weight excluding hydrogens is 410 g/mol. The minimum absolute atomic E-state index is 0.0271. The van der Waals surface area contributed by atoms with Crippen molar-refractivity contribution in [2.24, 2.45) is 5.10 Å². The van der Waals surface area contributed by atoms with Crippen LogP contribution in [-0.2, 0) is 0 Å². The van der Waals surface area contributed by atoms with E-state index in [1.165, 1.54) is 30.1 Å². The zero-order valence-electron chi connectivity index (χ0n) is 15.3. The van der Waals surface area contributed by atoms with Crippen molar-refractivity contribution in [3.63, 3.8) is 0 Å². The fourth-order valence-electron chi connectivity index (χ4n) is 2.44. The third kappa shape index (κ3) is 5.66. The summed E-state index contributed by atoms with van der Waals surface area (Å²) in [5, 5.41) is 15.8. The van der Waals surface area contributed by atoms with Crippen LogP contribution in [0.15, 0.2) is 81.6 Å². The molecule has 0 atom stereocenters. The number of rotatable bonds is 6. The highest BCUT2D eigenvalue weighted by Crippen LogP contribution is 2.35. The molecule has 0 fully saturated rings. The van der Waals surface area contributed by atoms with E-state index in [1.54, 1.807) is 30.3 Å². The zero-order valence-corrected chi connectivity index (χ0v) is 16.9. The molecule has 1 amide bonds. The van der Waals surface area contributed by atoms with Gasteiger partial charge in [-0.2, -0.15) is 5.10 Å². The van der Waals surface area contributed by atoms with Gasteiger partial charge in [0.15, 0.2) is 0 Å². The van der Waals surface area contributed by atoms with Gasteiger partial charge in [0.25, 0.3) is 11.6 Å². The number of hydrogen-bond donors (Lipinski definition) is 1. The van der Waals surface area contributed by atoms with Gasteiger partial charge in [0.2, 0.25) is 0 Å². The summed E-state index contributed by atoms with van der Waals surface area (Å²) in [5.74, 6) is -0.426. The number of nitro benzene ring substituents is 1. The van der Waals surface area contributed by atoms with E-state index in [9.17, 15) is 14.9 Å². The predicted molar refractivity (Wildman–Crippen MR) is 115 cm³/mol. The molecule has 0 saturated heterocycles. The number of nitrogens with zero attached hydrogens (tertiary/aromatic N) is 2. The van der Waals surface area contributed by atoms with Gasteiger partial charge in [-0.15, -0.1) is 0 Å². The van der Waals surface area contributed by atoms with Crippen molar-refractivity contribution in [3.8, 4) is 0 Å². The number of carbonyl (C=O) groups is 1. The lowest BCUT2D eigenvalue weighted by atomic mass is 10.2. The van der Waals surface area contributed by atoms with Gasteiger partial charge >= 0.3 is 0 Å². The van der Waals surface area contributed by atoms with Gasteiger partial charge in [-0.1, -0.05) is 53.2 Å². The molecule has 0 radical (unpaired) electrons. The van der Waals surface area contributed by atoms with Gasteiger partial charge in [0, 0.05) is 27.1 Å². The molecule has 0 unspecified atom stereocenters. The maximum Gasteiger partial charge on any atom is 0.283 e. The first kappa shape index (κ1) is 20.6. The van der Waals surface area contributed by atoms with Crippen LogP contribution in [-0.4, -0.2) is 17.0 Å². The van der Waals surface area contributed by atoms with Crippen LogP contribution >= 0.6 is 23.4 Å². The topological polar surface area (TPSA) is 84.6 Å². The van der Waals surface area contributed by atoms with Crippen LogP contribution in [0.3, 0.4) is 0 Å². The fraction of sp³-hybridized carbons (Fsp3) is 0.0476. The molecule has 3 aromatic carbocycles. The number of carbonyl (C=O) groups excluding carboxylic acids is 1.